The number of amides is 1. The van der Waals surface area contributed by atoms with Gasteiger partial charge < -0.3 is 14.8 Å². The number of alkyl halides is 3. The van der Waals surface area contributed by atoms with E-state index >= 15 is 0 Å². The molecule has 0 saturated carbocycles. The molecule has 1 saturated heterocycles. The monoisotopic (exact) mass is 440 g/mol. The van der Waals surface area contributed by atoms with Crippen LogP contribution in [-0.2, 0) is 6.18 Å². The second kappa shape index (κ2) is 9.33. The molecule has 3 rings (SSSR count). The summed E-state index contributed by atoms with van der Waals surface area (Å²) in [6.07, 6.45) is -2.68. The van der Waals surface area contributed by atoms with E-state index in [0.29, 0.717) is 24.2 Å². The molecule has 1 fully saturated rings. The standard InChI is InChI=1S/C18H23F3N4O.2ClH/c1-11(2)25-15-7-6-12(9-14(15)23-17(25)18(19,20)21)16(26)24-8-4-5-13(24)10-22-3;;/h6-7,9,11,13,22H,4-5,8,10H2,1-3H3;2*1H. The highest BCUT2D eigenvalue weighted by molar-refractivity contribution is 5.97. The van der Waals surface area contributed by atoms with Gasteiger partial charge in [0.05, 0.1) is 11.0 Å². The molecule has 2 aromatic rings. The Labute approximate surface area is 174 Å². The quantitative estimate of drug-likeness (QED) is 0.770. The van der Waals surface area contributed by atoms with Crippen molar-refractivity contribution in [3.05, 3.63) is 29.6 Å². The van der Waals surface area contributed by atoms with E-state index in [4.69, 9.17) is 0 Å². The SMILES string of the molecule is CNCC1CCCN1C(=O)c1ccc2c(c1)nc(C(F)(F)F)n2C(C)C.Cl.Cl. The minimum absolute atomic E-state index is 0. The minimum atomic E-state index is -4.54. The van der Waals surface area contributed by atoms with Gasteiger partial charge in [0, 0.05) is 30.7 Å². The van der Waals surface area contributed by atoms with Crippen molar-refractivity contribution in [3.8, 4) is 0 Å². The van der Waals surface area contributed by atoms with Crippen LogP contribution in [0.3, 0.4) is 0 Å². The van der Waals surface area contributed by atoms with Gasteiger partial charge in [-0.1, -0.05) is 0 Å². The van der Waals surface area contributed by atoms with Crippen LogP contribution in [0.2, 0.25) is 0 Å². The van der Waals surface area contributed by atoms with Crippen molar-refractivity contribution >= 4 is 41.8 Å². The zero-order valence-corrected chi connectivity index (χ0v) is 17.5. The Balaban J connectivity index is 0.00000196. The van der Waals surface area contributed by atoms with E-state index in [1.54, 1.807) is 30.9 Å². The lowest BCUT2D eigenvalue weighted by molar-refractivity contribution is -0.147. The number of halogens is 5. The zero-order chi connectivity index (χ0) is 19.1. The molecule has 1 unspecified atom stereocenters. The number of rotatable bonds is 4. The molecule has 1 aliphatic heterocycles. The molecule has 0 radical (unpaired) electrons. The summed E-state index contributed by atoms with van der Waals surface area (Å²) in [5, 5.41) is 3.08. The minimum Gasteiger partial charge on any atom is -0.334 e. The van der Waals surface area contributed by atoms with Gasteiger partial charge in [0.2, 0.25) is 5.82 Å². The number of likely N-dealkylation sites (tertiary alicyclic amines) is 1. The smallest absolute Gasteiger partial charge is 0.334 e. The number of nitrogens with zero attached hydrogens (tertiary/aromatic N) is 3. The Morgan fingerprint density at radius 3 is 2.57 bits per heavy atom. The van der Waals surface area contributed by atoms with Gasteiger partial charge >= 0.3 is 6.18 Å². The third-order valence-corrected chi connectivity index (χ3v) is 4.78. The molecule has 2 heterocycles. The van der Waals surface area contributed by atoms with Gasteiger partial charge in [-0.05, 0) is 51.9 Å². The van der Waals surface area contributed by atoms with Crippen molar-refractivity contribution in [1.82, 2.24) is 19.8 Å². The summed E-state index contributed by atoms with van der Waals surface area (Å²) in [5.41, 5.74) is 0.959. The predicted molar refractivity (Wildman–Crippen MR) is 108 cm³/mol. The Hall–Kier alpha value is -1.51. The van der Waals surface area contributed by atoms with Gasteiger partial charge in [0.25, 0.3) is 5.91 Å². The van der Waals surface area contributed by atoms with E-state index in [9.17, 15) is 18.0 Å². The van der Waals surface area contributed by atoms with E-state index in [2.05, 4.69) is 10.3 Å². The van der Waals surface area contributed by atoms with Crippen LogP contribution in [-0.4, -0.2) is 46.5 Å². The van der Waals surface area contributed by atoms with Gasteiger partial charge in [0.15, 0.2) is 0 Å². The fourth-order valence-corrected chi connectivity index (χ4v) is 3.67. The summed E-state index contributed by atoms with van der Waals surface area (Å²) in [4.78, 5) is 18.4. The third kappa shape index (κ3) is 4.55. The molecule has 1 N–H and O–H groups in total. The lowest BCUT2D eigenvalue weighted by Gasteiger charge is -2.24. The topological polar surface area (TPSA) is 50.2 Å². The lowest BCUT2D eigenvalue weighted by atomic mass is 10.1. The second-order valence-corrected chi connectivity index (χ2v) is 6.95. The fraction of sp³-hybridized carbons (Fsp3) is 0.556. The molecule has 5 nitrogen and oxygen atoms in total. The number of imidazole rings is 1. The largest absolute Gasteiger partial charge is 0.449 e. The van der Waals surface area contributed by atoms with Crippen molar-refractivity contribution in [1.29, 1.82) is 0 Å². The molecule has 1 atom stereocenters. The van der Waals surface area contributed by atoms with Gasteiger partial charge in [0.1, 0.15) is 0 Å². The molecule has 28 heavy (non-hydrogen) atoms. The summed E-state index contributed by atoms with van der Waals surface area (Å²) in [7, 11) is 1.84. The lowest BCUT2D eigenvalue weighted by Crippen LogP contribution is -2.40. The first-order valence-corrected chi connectivity index (χ1v) is 8.78. The first-order chi connectivity index (χ1) is 12.2. The number of hydrogen-bond acceptors (Lipinski definition) is 3. The number of carbonyl (C=O) groups is 1. The first kappa shape index (κ1) is 24.5. The summed E-state index contributed by atoms with van der Waals surface area (Å²) < 4.78 is 41.1. The molecule has 158 valence electrons. The number of benzene rings is 1. The average Bonchev–Trinajstić information content (AvgIpc) is 3.17. The third-order valence-electron chi connectivity index (χ3n) is 4.78. The van der Waals surface area contributed by atoms with Crippen molar-refractivity contribution in [2.24, 2.45) is 0 Å². The molecule has 1 aromatic carbocycles. The second-order valence-electron chi connectivity index (χ2n) is 6.95. The highest BCUT2D eigenvalue weighted by Crippen LogP contribution is 2.34. The van der Waals surface area contributed by atoms with E-state index < -0.39 is 18.0 Å². The van der Waals surface area contributed by atoms with Crippen LogP contribution in [0.1, 0.15) is 48.9 Å². The van der Waals surface area contributed by atoms with Gasteiger partial charge in [-0.2, -0.15) is 13.2 Å². The zero-order valence-electron chi connectivity index (χ0n) is 15.9. The molecular formula is C18H25Cl2F3N4O. The van der Waals surface area contributed by atoms with Crippen LogP contribution in [0.5, 0.6) is 0 Å². The van der Waals surface area contributed by atoms with Crippen molar-refractivity contribution in [2.45, 2.75) is 44.9 Å². The number of fused-ring (bicyclic) bond motifs is 1. The predicted octanol–water partition coefficient (Wildman–Crippen LogP) is 4.30. The summed E-state index contributed by atoms with van der Waals surface area (Å²) >= 11 is 0. The van der Waals surface area contributed by atoms with Crippen LogP contribution in [0, 0.1) is 0 Å². The van der Waals surface area contributed by atoms with E-state index in [1.807, 2.05) is 7.05 Å². The maximum atomic E-state index is 13.3. The van der Waals surface area contributed by atoms with Gasteiger partial charge in [-0.3, -0.25) is 4.79 Å². The van der Waals surface area contributed by atoms with E-state index in [1.165, 1.54) is 10.6 Å². The van der Waals surface area contributed by atoms with Crippen LogP contribution < -0.4 is 5.32 Å². The van der Waals surface area contributed by atoms with Gasteiger partial charge in [-0.15, -0.1) is 24.8 Å². The van der Waals surface area contributed by atoms with Crippen LogP contribution in [0.15, 0.2) is 18.2 Å². The van der Waals surface area contributed by atoms with Crippen LogP contribution in [0.25, 0.3) is 11.0 Å². The fourth-order valence-electron chi connectivity index (χ4n) is 3.67. The maximum absolute atomic E-state index is 13.3. The average molecular weight is 441 g/mol. The van der Waals surface area contributed by atoms with Crippen LogP contribution >= 0.6 is 24.8 Å². The number of likely N-dealkylation sites (N-methyl/N-ethyl adjacent to an activating group) is 1. The van der Waals surface area contributed by atoms with Crippen molar-refractivity contribution < 1.29 is 18.0 Å². The molecule has 1 aliphatic rings. The van der Waals surface area contributed by atoms with Crippen LogP contribution in [0.4, 0.5) is 13.2 Å². The number of aromatic nitrogens is 2. The van der Waals surface area contributed by atoms with Crippen molar-refractivity contribution in [3.63, 3.8) is 0 Å². The summed E-state index contributed by atoms with van der Waals surface area (Å²) in [6.45, 7) is 4.73. The number of hydrogen-bond donors (Lipinski definition) is 1. The molecule has 1 aromatic heterocycles. The molecule has 0 spiro atoms. The molecule has 10 heteroatoms. The number of carbonyl (C=O) groups excluding carboxylic acids is 1. The van der Waals surface area contributed by atoms with E-state index in [0.717, 1.165) is 12.8 Å². The maximum Gasteiger partial charge on any atom is 0.449 e. The summed E-state index contributed by atoms with van der Waals surface area (Å²) in [6, 6.07) is 4.35. The summed E-state index contributed by atoms with van der Waals surface area (Å²) in [5.74, 6) is -1.08. The van der Waals surface area contributed by atoms with E-state index in [-0.39, 0.29) is 42.3 Å². The van der Waals surface area contributed by atoms with Crippen molar-refractivity contribution in [2.75, 3.05) is 20.1 Å². The molecular weight excluding hydrogens is 416 g/mol. The Morgan fingerprint density at radius 2 is 2.00 bits per heavy atom. The Morgan fingerprint density at radius 1 is 1.32 bits per heavy atom. The highest BCUT2D eigenvalue weighted by atomic mass is 35.5. The Bertz CT molecular complexity index is 823. The molecule has 1 amide bonds. The number of nitrogens with one attached hydrogen (secondary N) is 1. The molecule has 0 aliphatic carbocycles. The Kier molecular flexibility index (Phi) is 8.17. The molecule has 0 bridgehead atoms. The highest BCUT2D eigenvalue weighted by Gasteiger charge is 2.38. The normalized spacial score (nSPS) is 17.0. The first-order valence-electron chi connectivity index (χ1n) is 8.78. The van der Waals surface area contributed by atoms with Gasteiger partial charge in [-0.25, -0.2) is 4.98 Å².